The zero-order valence-electron chi connectivity index (χ0n) is 18.1. The summed E-state index contributed by atoms with van der Waals surface area (Å²) >= 11 is 0. The lowest BCUT2D eigenvalue weighted by molar-refractivity contribution is 0.275. The maximum absolute atomic E-state index is 12.4. The number of benzene rings is 3. The lowest BCUT2D eigenvalue weighted by atomic mass is 9.96. The van der Waals surface area contributed by atoms with Crippen LogP contribution in [0.4, 0.5) is 0 Å². The van der Waals surface area contributed by atoms with E-state index in [9.17, 15) is 9.90 Å². The van der Waals surface area contributed by atoms with E-state index in [0.29, 0.717) is 0 Å². The minimum Gasteiger partial charge on any atom is -0.424 e. The molecule has 0 fully saturated rings. The zero-order chi connectivity index (χ0) is 21.9. The van der Waals surface area contributed by atoms with Crippen LogP contribution in [0.25, 0.3) is 10.8 Å². The summed E-state index contributed by atoms with van der Waals surface area (Å²) in [6, 6.07) is 28.4. The normalized spacial score (nSPS) is 12.3. The van der Waals surface area contributed by atoms with Gasteiger partial charge in [-0.05, 0) is 39.2 Å². The number of aliphatic hydroxyl groups is 1. The van der Waals surface area contributed by atoms with Gasteiger partial charge in [0.05, 0.1) is 12.3 Å². The number of aliphatic hydroxyl groups excluding tert-OH is 1. The van der Waals surface area contributed by atoms with E-state index in [0.717, 1.165) is 45.2 Å². The predicted molar refractivity (Wildman–Crippen MR) is 130 cm³/mol. The lowest BCUT2D eigenvalue weighted by Crippen LogP contribution is -2.65. The van der Waals surface area contributed by atoms with Crippen LogP contribution in [0, 0.1) is 0 Å². The first-order chi connectivity index (χ1) is 15.0. The molecule has 158 valence electrons. The fourth-order valence-corrected chi connectivity index (χ4v) is 8.34. The predicted octanol–water partition coefficient (Wildman–Crippen LogP) is 4.19. The van der Waals surface area contributed by atoms with Crippen LogP contribution >= 0.6 is 0 Å². The molecule has 2 N–H and O–H groups in total. The minimum absolute atomic E-state index is 0.0837. The molecule has 1 aromatic heterocycles. The Morgan fingerprint density at radius 2 is 1.35 bits per heavy atom. The van der Waals surface area contributed by atoms with E-state index >= 15 is 0 Å². The van der Waals surface area contributed by atoms with Crippen LogP contribution < -0.4 is 10.4 Å². The second kappa shape index (κ2) is 8.75. The van der Waals surface area contributed by atoms with Crippen molar-refractivity contribution in [1.29, 1.82) is 0 Å². The fourth-order valence-electron chi connectivity index (χ4n) is 4.61. The van der Waals surface area contributed by atoms with Gasteiger partial charge < -0.3 is 9.90 Å². The summed E-state index contributed by atoms with van der Waals surface area (Å²) in [6.07, 6.45) is 3.35. The van der Waals surface area contributed by atoms with Crippen molar-refractivity contribution >= 4 is 29.5 Å². The Labute approximate surface area is 185 Å². The van der Waals surface area contributed by atoms with Crippen LogP contribution in [0.15, 0.2) is 91.1 Å². The van der Waals surface area contributed by atoms with Crippen molar-refractivity contribution in [2.75, 3.05) is 0 Å². The van der Waals surface area contributed by atoms with Crippen molar-refractivity contribution in [1.82, 2.24) is 4.98 Å². The molecule has 0 radical (unpaired) electrons. The van der Waals surface area contributed by atoms with Crippen LogP contribution in [0.5, 0.6) is 0 Å². The van der Waals surface area contributed by atoms with Gasteiger partial charge >= 0.3 is 0 Å². The van der Waals surface area contributed by atoms with Crippen molar-refractivity contribution < 1.29 is 9.90 Å². The van der Waals surface area contributed by atoms with Gasteiger partial charge in [-0.3, -0.25) is 4.98 Å². The van der Waals surface area contributed by atoms with Crippen LogP contribution in [0.2, 0.25) is 5.04 Å². The van der Waals surface area contributed by atoms with E-state index < -0.39 is 8.32 Å². The number of nitrogens with zero attached hydrogens (tertiary/aromatic N) is 1. The Kier molecular flexibility index (Phi) is 6.05. The largest absolute Gasteiger partial charge is 0.424 e. The van der Waals surface area contributed by atoms with Gasteiger partial charge in [0.15, 0.2) is 0 Å². The number of rotatable bonds is 7. The quantitative estimate of drug-likeness (QED) is 0.435. The van der Waals surface area contributed by atoms with Gasteiger partial charge in [-0.2, -0.15) is 0 Å². The average Bonchev–Trinajstić information content (AvgIpc) is 2.82. The molecule has 1 heterocycles. The Bertz CT molecular complexity index is 1120. The van der Waals surface area contributed by atoms with Crippen molar-refractivity contribution in [2.45, 2.75) is 38.3 Å². The monoisotopic (exact) mass is 427 g/mol. The molecular formula is C27H29NO2Si. The Balaban J connectivity index is 1.76. The smallest absolute Gasteiger partial charge is 0.258 e. The van der Waals surface area contributed by atoms with E-state index in [4.69, 9.17) is 0 Å². The van der Waals surface area contributed by atoms with Crippen LogP contribution in [0.3, 0.4) is 0 Å². The highest BCUT2D eigenvalue weighted by Crippen LogP contribution is 2.40. The molecule has 0 spiro atoms. The standard InChI is InChI=1S/C27H29NO2Si/c1-27(2,18-17-25-24-16-10-9-11-21(24)19-28-26(25)20-29)31(30,22-12-5-3-6-13-22)23-14-7-4-8-15-23/h3-16,19,29-30H,17-18,20H2,1-2H3. The van der Waals surface area contributed by atoms with Crippen molar-refractivity contribution in [3.8, 4) is 0 Å². The van der Waals surface area contributed by atoms with Gasteiger partial charge in [0, 0.05) is 11.6 Å². The van der Waals surface area contributed by atoms with Gasteiger partial charge in [-0.25, -0.2) is 0 Å². The molecule has 0 bridgehead atoms. The van der Waals surface area contributed by atoms with Gasteiger partial charge in [0.2, 0.25) is 0 Å². The average molecular weight is 428 g/mol. The third kappa shape index (κ3) is 3.94. The molecule has 0 aliphatic heterocycles. The molecule has 4 aromatic rings. The zero-order valence-corrected chi connectivity index (χ0v) is 19.1. The molecule has 0 aliphatic rings. The Morgan fingerprint density at radius 3 is 1.94 bits per heavy atom. The van der Waals surface area contributed by atoms with Gasteiger partial charge in [0.1, 0.15) is 0 Å². The third-order valence-corrected chi connectivity index (χ3v) is 11.1. The number of hydrogen-bond acceptors (Lipinski definition) is 3. The number of fused-ring (bicyclic) bond motifs is 1. The summed E-state index contributed by atoms with van der Waals surface area (Å²) in [5.41, 5.74) is 1.80. The highest BCUT2D eigenvalue weighted by Gasteiger charge is 2.49. The molecule has 4 rings (SSSR count). The molecule has 0 atom stereocenters. The summed E-state index contributed by atoms with van der Waals surface area (Å²) in [4.78, 5) is 16.9. The van der Waals surface area contributed by atoms with Crippen molar-refractivity contribution in [3.05, 3.63) is 102 Å². The Morgan fingerprint density at radius 1 is 0.806 bits per heavy atom. The molecule has 0 saturated carbocycles. The number of aryl methyl sites for hydroxylation is 1. The first kappa shape index (κ1) is 21.4. The topological polar surface area (TPSA) is 53.4 Å². The highest BCUT2D eigenvalue weighted by atomic mass is 28.4. The van der Waals surface area contributed by atoms with E-state index in [1.165, 1.54) is 0 Å². The number of hydrogen-bond donors (Lipinski definition) is 2. The summed E-state index contributed by atoms with van der Waals surface area (Å²) in [5.74, 6) is 0. The van der Waals surface area contributed by atoms with Crippen LogP contribution in [-0.2, 0) is 13.0 Å². The molecule has 4 heteroatoms. The second-order valence-electron chi connectivity index (χ2n) is 8.76. The summed E-state index contributed by atoms with van der Waals surface area (Å²) < 4.78 is 0. The maximum Gasteiger partial charge on any atom is 0.258 e. The number of aromatic nitrogens is 1. The molecule has 3 nitrogen and oxygen atoms in total. The minimum atomic E-state index is -3.06. The summed E-state index contributed by atoms with van der Waals surface area (Å²) in [6.45, 7) is 4.27. The summed E-state index contributed by atoms with van der Waals surface area (Å²) in [7, 11) is -3.06. The van der Waals surface area contributed by atoms with Crippen LogP contribution in [-0.4, -0.2) is 23.2 Å². The highest BCUT2D eigenvalue weighted by molar-refractivity contribution is 6.98. The molecule has 0 saturated heterocycles. The van der Waals surface area contributed by atoms with Crippen LogP contribution in [0.1, 0.15) is 31.5 Å². The first-order valence-electron chi connectivity index (χ1n) is 10.8. The van der Waals surface area contributed by atoms with Crippen molar-refractivity contribution in [3.63, 3.8) is 0 Å². The summed E-state index contributed by atoms with van der Waals surface area (Å²) in [5, 5.41) is 13.8. The van der Waals surface area contributed by atoms with Crippen molar-refractivity contribution in [2.24, 2.45) is 0 Å². The molecular weight excluding hydrogens is 398 g/mol. The third-order valence-electron chi connectivity index (χ3n) is 6.51. The maximum atomic E-state index is 12.4. The Hall–Kier alpha value is -2.79. The van der Waals surface area contributed by atoms with E-state index in [1.54, 1.807) is 0 Å². The van der Waals surface area contributed by atoms with Gasteiger partial charge in [-0.1, -0.05) is 98.8 Å². The first-order valence-corrected chi connectivity index (χ1v) is 12.7. The molecule has 31 heavy (non-hydrogen) atoms. The molecule has 3 aromatic carbocycles. The lowest BCUT2D eigenvalue weighted by Gasteiger charge is -2.41. The second-order valence-corrected chi connectivity index (χ2v) is 12.7. The molecule has 0 aliphatic carbocycles. The molecule has 0 amide bonds. The van der Waals surface area contributed by atoms with E-state index in [2.05, 4.69) is 55.2 Å². The molecule has 0 unspecified atom stereocenters. The SMILES string of the molecule is CC(C)(CCc1c(CO)ncc2ccccc12)[Si](O)(c1ccccc1)c1ccccc1. The van der Waals surface area contributed by atoms with Gasteiger partial charge in [-0.15, -0.1) is 0 Å². The fraction of sp³-hybridized carbons (Fsp3) is 0.222. The van der Waals surface area contributed by atoms with E-state index in [1.807, 2.05) is 54.7 Å². The van der Waals surface area contributed by atoms with E-state index in [-0.39, 0.29) is 11.6 Å². The van der Waals surface area contributed by atoms with Gasteiger partial charge in [0.25, 0.3) is 8.32 Å². The number of pyridine rings is 1.